The van der Waals surface area contributed by atoms with Gasteiger partial charge in [-0.25, -0.2) is 0 Å². The van der Waals surface area contributed by atoms with Crippen molar-refractivity contribution in [3.8, 4) is 0 Å². The number of hydrogen-bond acceptors (Lipinski definition) is 4. The van der Waals surface area contributed by atoms with Crippen molar-refractivity contribution in [2.75, 3.05) is 0 Å². The van der Waals surface area contributed by atoms with Gasteiger partial charge in [0.05, 0.1) is 27.9 Å². The van der Waals surface area contributed by atoms with Crippen LogP contribution >= 0.6 is 0 Å². The summed E-state index contributed by atoms with van der Waals surface area (Å²) in [7, 11) is 0. The maximum atomic E-state index is 11.1. The Hall–Kier alpha value is -3.08. The lowest BCUT2D eigenvalue weighted by molar-refractivity contribution is -0.383. The fourth-order valence-corrected chi connectivity index (χ4v) is 2.31. The fourth-order valence-electron chi connectivity index (χ4n) is 2.31. The summed E-state index contributed by atoms with van der Waals surface area (Å²) in [5.41, 5.74) is 2.60. The zero-order chi connectivity index (χ0) is 15.5. The second kappa shape index (κ2) is 5.73. The lowest BCUT2D eigenvalue weighted by Crippen LogP contribution is -1.94. The lowest BCUT2D eigenvalue weighted by Gasteiger charge is -2.02. The van der Waals surface area contributed by atoms with Gasteiger partial charge < -0.3 is 0 Å². The summed E-state index contributed by atoms with van der Waals surface area (Å²) in [6.07, 6.45) is 3.21. The van der Waals surface area contributed by atoms with Crippen LogP contribution in [0.5, 0.6) is 0 Å². The number of para-hydroxylation sites is 1. The molecule has 1 aromatic heterocycles. The van der Waals surface area contributed by atoms with Crippen molar-refractivity contribution in [3.63, 3.8) is 0 Å². The van der Waals surface area contributed by atoms with Crippen molar-refractivity contribution in [1.29, 1.82) is 0 Å². The number of aromatic nitrogens is 1. The molecule has 0 aliphatic rings. The van der Waals surface area contributed by atoms with Gasteiger partial charge in [0.15, 0.2) is 0 Å². The second-order valence-corrected chi connectivity index (χ2v) is 4.87. The van der Waals surface area contributed by atoms with Gasteiger partial charge in [0.25, 0.3) is 5.69 Å². The average molecular weight is 291 g/mol. The van der Waals surface area contributed by atoms with E-state index in [9.17, 15) is 10.1 Å². The summed E-state index contributed by atoms with van der Waals surface area (Å²) < 4.78 is 0. The van der Waals surface area contributed by atoms with E-state index in [-0.39, 0.29) is 10.6 Å². The molecule has 108 valence electrons. The zero-order valence-corrected chi connectivity index (χ0v) is 11.9. The lowest BCUT2D eigenvalue weighted by atomic mass is 10.1. The van der Waals surface area contributed by atoms with E-state index in [1.54, 1.807) is 24.5 Å². The third-order valence-electron chi connectivity index (χ3n) is 3.45. The molecule has 0 aliphatic carbocycles. The highest BCUT2D eigenvalue weighted by molar-refractivity contribution is 6.02. The number of aryl methyl sites for hydroxylation is 1. The predicted molar refractivity (Wildman–Crippen MR) is 86.8 cm³/mol. The van der Waals surface area contributed by atoms with Crippen molar-refractivity contribution in [2.45, 2.75) is 6.92 Å². The van der Waals surface area contributed by atoms with E-state index >= 15 is 0 Å². The standard InChI is InChI=1S/C17H13N3O2/c1-12-5-2-3-7-15(12)19-11-16-13-6-4-8-17(20(21)22)14(13)9-10-18-16/h2-11H,1H3. The fraction of sp³-hybridized carbons (Fsp3) is 0.0588. The third-order valence-corrected chi connectivity index (χ3v) is 3.45. The summed E-state index contributed by atoms with van der Waals surface area (Å²) in [6.45, 7) is 1.98. The largest absolute Gasteiger partial charge is 0.277 e. The van der Waals surface area contributed by atoms with Gasteiger partial charge in [-0.15, -0.1) is 0 Å². The SMILES string of the molecule is Cc1ccccc1N=Cc1nccc2c([N+](=O)[O-])cccc12. The van der Waals surface area contributed by atoms with Gasteiger partial charge in [-0.05, 0) is 24.6 Å². The van der Waals surface area contributed by atoms with E-state index in [0.717, 1.165) is 11.3 Å². The van der Waals surface area contributed by atoms with Crippen LogP contribution in [-0.4, -0.2) is 16.1 Å². The molecule has 0 bridgehead atoms. The normalized spacial score (nSPS) is 11.1. The Morgan fingerprint density at radius 2 is 1.91 bits per heavy atom. The highest BCUT2D eigenvalue weighted by Crippen LogP contribution is 2.26. The Kier molecular flexibility index (Phi) is 3.62. The number of non-ortho nitro benzene ring substituents is 1. The number of rotatable bonds is 3. The highest BCUT2D eigenvalue weighted by Gasteiger charge is 2.12. The van der Waals surface area contributed by atoms with Crippen LogP contribution in [0.2, 0.25) is 0 Å². The van der Waals surface area contributed by atoms with Crippen LogP contribution in [0.15, 0.2) is 59.7 Å². The molecule has 22 heavy (non-hydrogen) atoms. The maximum Gasteiger partial charge on any atom is 0.277 e. The number of pyridine rings is 1. The molecule has 0 radical (unpaired) electrons. The molecule has 0 atom stereocenters. The van der Waals surface area contributed by atoms with Crippen LogP contribution in [0, 0.1) is 17.0 Å². The van der Waals surface area contributed by atoms with E-state index in [2.05, 4.69) is 9.98 Å². The number of hydrogen-bond donors (Lipinski definition) is 0. The van der Waals surface area contributed by atoms with Crippen LogP contribution in [0.3, 0.4) is 0 Å². The van der Waals surface area contributed by atoms with E-state index in [1.165, 1.54) is 6.07 Å². The summed E-state index contributed by atoms with van der Waals surface area (Å²) in [5.74, 6) is 0. The van der Waals surface area contributed by atoms with Crippen molar-refractivity contribution in [3.05, 3.63) is 76.1 Å². The molecule has 0 saturated heterocycles. The molecule has 5 nitrogen and oxygen atoms in total. The first-order chi connectivity index (χ1) is 10.7. The number of nitro groups is 1. The van der Waals surface area contributed by atoms with E-state index in [4.69, 9.17) is 0 Å². The number of nitrogens with zero attached hydrogens (tertiary/aromatic N) is 3. The summed E-state index contributed by atoms with van der Waals surface area (Å²) in [5, 5.41) is 12.4. The molecule has 0 fully saturated rings. The van der Waals surface area contributed by atoms with Gasteiger partial charge in [0.2, 0.25) is 0 Å². The molecule has 0 aliphatic heterocycles. The van der Waals surface area contributed by atoms with Gasteiger partial charge in [0.1, 0.15) is 0 Å². The number of nitro benzene ring substituents is 1. The Labute approximate surface area is 127 Å². The minimum Gasteiger partial charge on any atom is -0.258 e. The van der Waals surface area contributed by atoms with E-state index < -0.39 is 0 Å². The third kappa shape index (κ3) is 2.56. The monoisotopic (exact) mass is 291 g/mol. The van der Waals surface area contributed by atoms with Crippen molar-refractivity contribution in [1.82, 2.24) is 4.98 Å². The quantitative estimate of drug-likeness (QED) is 0.412. The molecule has 0 N–H and O–H groups in total. The van der Waals surface area contributed by atoms with E-state index in [1.807, 2.05) is 37.3 Å². The molecule has 0 amide bonds. The van der Waals surface area contributed by atoms with Crippen LogP contribution in [-0.2, 0) is 0 Å². The van der Waals surface area contributed by atoms with Crippen LogP contribution in [0.25, 0.3) is 10.8 Å². The van der Waals surface area contributed by atoms with Crippen molar-refractivity contribution in [2.24, 2.45) is 4.99 Å². The average Bonchev–Trinajstić information content (AvgIpc) is 2.53. The Bertz CT molecular complexity index is 888. The molecule has 5 heteroatoms. The van der Waals surface area contributed by atoms with Gasteiger partial charge in [0, 0.05) is 17.6 Å². The highest BCUT2D eigenvalue weighted by atomic mass is 16.6. The first-order valence-electron chi connectivity index (χ1n) is 6.78. The van der Waals surface area contributed by atoms with Crippen LogP contribution < -0.4 is 0 Å². The minimum absolute atomic E-state index is 0.0745. The number of aliphatic imine (C=N–C) groups is 1. The summed E-state index contributed by atoms with van der Waals surface area (Å²) >= 11 is 0. The van der Waals surface area contributed by atoms with E-state index in [0.29, 0.717) is 16.5 Å². The first kappa shape index (κ1) is 13.9. The van der Waals surface area contributed by atoms with Crippen LogP contribution in [0.4, 0.5) is 11.4 Å². The zero-order valence-electron chi connectivity index (χ0n) is 11.9. The van der Waals surface area contributed by atoms with Gasteiger partial charge in [-0.2, -0.15) is 0 Å². The topological polar surface area (TPSA) is 68.4 Å². The van der Waals surface area contributed by atoms with Gasteiger partial charge >= 0.3 is 0 Å². The molecule has 3 rings (SSSR count). The number of benzene rings is 2. The van der Waals surface area contributed by atoms with Gasteiger partial charge in [-0.1, -0.05) is 30.3 Å². The Balaban J connectivity index is 2.11. The molecule has 0 unspecified atom stereocenters. The van der Waals surface area contributed by atoms with Gasteiger partial charge in [-0.3, -0.25) is 20.1 Å². The molecule has 2 aromatic carbocycles. The second-order valence-electron chi connectivity index (χ2n) is 4.87. The first-order valence-corrected chi connectivity index (χ1v) is 6.78. The minimum atomic E-state index is -0.384. The summed E-state index contributed by atoms with van der Waals surface area (Å²) in [6, 6.07) is 14.4. The number of fused-ring (bicyclic) bond motifs is 1. The van der Waals surface area contributed by atoms with Crippen LogP contribution in [0.1, 0.15) is 11.3 Å². The molecule has 3 aromatic rings. The van der Waals surface area contributed by atoms with Crippen molar-refractivity contribution >= 4 is 28.4 Å². The molecular formula is C17H13N3O2. The molecule has 0 spiro atoms. The Morgan fingerprint density at radius 3 is 2.68 bits per heavy atom. The predicted octanol–water partition coefficient (Wildman–Crippen LogP) is 4.20. The Morgan fingerprint density at radius 1 is 1.09 bits per heavy atom. The molecule has 0 saturated carbocycles. The molecular weight excluding hydrogens is 278 g/mol. The summed E-state index contributed by atoms with van der Waals surface area (Å²) in [4.78, 5) is 19.4. The maximum absolute atomic E-state index is 11.1. The smallest absolute Gasteiger partial charge is 0.258 e. The van der Waals surface area contributed by atoms with Crippen molar-refractivity contribution < 1.29 is 4.92 Å². The molecule has 1 heterocycles.